The predicted octanol–water partition coefficient (Wildman–Crippen LogP) is 2.20. The van der Waals surface area contributed by atoms with Crippen LogP contribution in [0.2, 0.25) is 0 Å². The molecule has 0 unspecified atom stereocenters. The van der Waals surface area contributed by atoms with Crippen LogP contribution in [0.4, 0.5) is 5.13 Å². The zero-order chi connectivity index (χ0) is 17.3. The molecule has 0 radical (unpaired) electrons. The van der Waals surface area contributed by atoms with Crippen LogP contribution in [0.5, 0.6) is 5.75 Å². The van der Waals surface area contributed by atoms with Crippen molar-refractivity contribution in [3.8, 4) is 5.75 Å². The lowest BCUT2D eigenvalue weighted by Gasteiger charge is -2.03. The highest BCUT2D eigenvalue weighted by molar-refractivity contribution is 7.89. The Labute approximate surface area is 142 Å². The third kappa shape index (κ3) is 3.37. The van der Waals surface area contributed by atoms with Crippen molar-refractivity contribution < 1.29 is 17.9 Å². The molecular formula is C15H13N3O4S2. The molecule has 3 aromatic rings. The molecule has 0 aliphatic heterocycles. The number of aromatic nitrogens is 1. The van der Waals surface area contributed by atoms with E-state index in [1.807, 2.05) is 0 Å². The fourth-order valence-electron chi connectivity index (χ4n) is 2.07. The van der Waals surface area contributed by atoms with E-state index in [1.54, 1.807) is 30.3 Å². The molecule has 0 fully saturated rings. The molecule has 0 atom stereocenters. The number of primary sulfonamides is 1. The first-order chi connectivity index (χ1) is 11.4. The SMILES string of the molecule is COc1cccc(C(=O)Nc2nc3ccc(S(N)(=O)=O)cc3s2)c1. The van der Waals surface area contributed by atoms with Gasteiger partial charge in [0, 0.05) is 5.56 Å². The number of carbonyl (C=O) groups excluding carboxylic acids is 1. The molecule has 1 amide bonds. The second kappa shape index (κ2) is 6.19. The summed E-state index contributed by atoms with van der Waals surface area (Å²) in [6.07, 6.45) is 0. The molecule has 3 rings (SSSR count). The van der Waals surface area contributed by atoms with Crippen molar-refractivity contribution in [2.45, 2.75) is 4.90 Å². The average molecular weight is 363 g/mol. The number of hydrogen-bond acceptors (Lipinski definition) is 6. The molecule has 2 aromatic carbocycles. The number of nitrogens with zero attached hydrogens (tertiary/aromatic N) is 1. The quantitative estimate of drug-likeness (QED) is 0.738. The average Bonchev–Trinajstić information content (AvgIpc) is 2.95. The standard InChI is InChI=1S/C15H13N3O4S2/c1-22-10-4-2-3-9(7-10)14(19)18-15-17-12-6-5-11(24(16,20)21)8-13(12)23-15/h2-8H,1H3,(H2,16,20,21)(H,17,18,19). The van der Waals surface area contributed by atoms with Gasteiger partial charge >= 0.3 is 0 Å². The Hall–Kier alpha value is -2.49. The number of benzene rings is 2. The number of sulfonamides is 1. The number of thiazole rings is 1. The minimum Gasteiger partial charge on any atom is -0.497 e. The molecule has 3 N–H and O–H groups in total. The van der Waals surface area contributed by atoms with E-state index < -0.39 is 10.0 Å². The summed E-state index contributed by atoms with van der Waals surface area (Å²) in [7, 11) is -2.26. The number of ether oxygens (including phenoxy) is 1. The van der Waals surface area contributed by atoms with E-state index in [2.05, 4.69) is 10.3 Å². The molecule has 0 saturated carbocycles. The first kappa shape index (κ1) is 16.4. The molecule has 24 heavy (non-hydrogen) atoms. The fourth-order valence-corrected chi connectivity index (χ4v) is 3.58. The van der Waals surface area contributed by atoms with E-state index in [-0.39, 0.29) is 10.8 Å². The van der Waals surface area contributed by atoms with Crippen LogP contribution in [0.1, 0.15) is 10.4 Å². The van der Waals surface area contributed by atoms with Gasteiger partial charge in [-0.05, 0) is 36.4 Å². The normalized spacial score (nSPS) is 11.4. The lowest BCUT2D eigenvalue weighted by Crippen LogP contribution is -2.11. The third-order valence-electron chi connectivity index (χ3n) is 3.24. The van der Waals surface area contributed by atoms with Crippen molar-refractivity contribution in [3.63, 3.8) is 0 Å². The van der Waals surface area contributed by atoms with Crippen molar-refractivity contribution in [2.75, 3.05) is 12.4 Å². The van der Waals surface area contributed by atoms with Crippen LogP contribution in [0, 0.1) is 0 Å². The third-order valence-corrected chi connectivity index (χ3v) is 5.09. The number of anilines is 1. The van der Waals surface area contributed by atoms with Crippen LogP contribution in [-0.4, -0.2) is 26.4 Å². The second-order valence-electron chi connectivity index (χ2n) is 4.88. The van der Waals surface area contributed by atoms with Crippen molar-refractivity contribution in [3.05, 3.63) is 48.0 Å². The van der Waals surface area contributed by atoms with Crippen LogP contribution in [-0.2, 0) is 10.0 Å². The van der Waals surface area contributed by atoms with Gasteiger partial charge in [-0.15, -0.1) is 0 Å². The Balaban J connectivity index is 1.88. The number of nitrogens with two attached hydrogens (primary N) is 1. The molecule has 0 spiro atoms. The maximum atomic E-state index is 12.3. The lowest BCUT2D eigenvalue weighted by molar-refractivity contribution is 0.102. The first-order valence-electron chi connectivity index (χ1n) is 6.75. The van der Waals surface area contributed by atoms with E-state index in [9.17, 15) is 13.2 Å². The topological polar surface area (TPSA) is 111 Å². The molecule has 0 aliphatic carbocycles. The second-order valence-corrected chi connectivity index (χ2v) is 7.47. The summed E-state index contributed by atoms with van der Waals surface area (Å²) in [6, 6.07) is 11.1. The Kier molecular flexibility index (Phi) is 4.22. The van der Waals surface area contributed by atoms with Crippen LogP contribution < -0.4 is 15.2 Å². The monoisotopic (exact) mass is 363 g/mol. The molecule has 1 heterocycles. The van der Waals surface area contributed by atoms with E-state index in [4.69, 9.17) is 9.88 Å². The van der Waals surface area contributed by atoms with Gasteiger partial charge in [0.2, 0.25) is 10.0 Å². The highest BCUT2D eigenvalue weighted by Crippen LogP contribution is 2.28. The van der Waals surface area contributed by atoms with Crippen molar-refractivity contribution in [1.82, 2.24) is 4.98 Å². The summed E-state index contributed by atoms with van der Waals surface area (Å²) in [5.74, 6) is 0.240. The van der Waals surface area contributed by atoms with Crippen molar-refractivity contribution in [2.24, 2.45) is 5.14 Å². The lowest BCUT2D eigenvalue weighted by atomic mass is 10.2. The number of amides is 1. The van der Waals surface area contributed by atoms with Gasteiger partial charge in [-0.2, -0.15) is 0 Å². The van der Waals surface area contributed by atoms with Crippen LogP contribution in [0.25, 0.3) is 10.2 Å². The number of rotatable bonds is 4. The zero-order valence-corrected chi connectivity index (χ0v) is 14.1. The molecule has 9 heteroatoms. The number of nitrogens with one attached hydrogen (secondary N) is 1. The summed E-state index contributed by atoms with van der Waals surface area (Å²) in [4.78, 5) is 16.5. The Bertz CT molecular complexity index is 1030. The maximum absolute atomic E-state index is 12.3. The number of methoxy groups -OCH3 is 1. The number of carbonyl (C=O) groups is 1. The van der Waals surface area contributed by atoms with Crippen LogP contribution in [0.15, 0.2) is 47.4 Å². The Morgan fingerprint density at radius 2 is 2.04 bits per heavy atom. The maximum Gasteiger partial charge on any atom is 0.257 e. The summed E-state index contributed by atoms with van der Waals surface area (Å²) in [5, 5.41) is 8.17. The van der Waals surface area contributed by atoms with Crippen LogP contribution in [0.3, 0.4) is 0 Å². The van der Waals surface area contributed by atoms with Crippen LogP contribution >= 0.6 is 11.3 Å². The van der Waals surface area contributed by atoms with E-state index in [1.165, 1.54) is 30.6 Å². The summed E-state index contributed by atoms with van der Waals surface area (Å²) < 4.78 is 28.5. The van der Waals surface area contributed by atoms with Gasteiger partial charge in [-0.3, -0.25) is 10.1 Å². The largest absolute Gasteiger partial charge is 0.497 e. The van der Waals surface area contributed by atoms with Gasteiger partial charge in [0.25, 0.3) is 5.91 Å². The van der Waals surface area contributed by atoms with E-state index >= 15 is 0 Å². The van der Waals surface area contributed by atoms with Gasteiger partial charge in [-0.25, -0.2) is 18.5 Å². The predicted molar refractivity (Wildman–Crippen MR) is 91.9 cm³/mol. The molecule has 0 aliphatic rings. The van der Waals surface area contributed by atoms with Gasteiger partial charge in [0.05, 0.1) is 22.2 Å². The summed E-state index contributed by atoms with van der Waals surface area (Å²) in [6.45, 7) is 0. The summed E-state index contributed by atoms with van der Waals surface area (Å²) in [5.41, 5.74) is 1.01. The Morgan fingerprint density at radius 1 is 1.25 bits per heavy atom. The van der Waals surface area contributed by atoms with Crippen molar-refractivity contribution in [1.29, 1.82) is 0 Å². The molecule has 124 valence electrons. The first-order valence-corrected chi connectivity index (χ1v) is 9.12. The smallest absolute Gasteiger partial charge is 0.257 e. The van der Waals surface area contributed by atoms with Gasteiger partial charge in [0.15, 0.2) is 5.13 Å². The molecule has 0 bridgehead atoms. The highest BCUT2D eigenvalue weighted by Gasteiger charge is 2.13. The number of hydrogen-bond donors (Lipinski definition) is 2. The minimum atomic E-state index is -3.78. The molecule has 7 nitrogen and oxygen atoms in total. The molecule has 1 aromatic heterocycles. The van der Waals surface area contributed by atoms with Gasteiger partial charge in [0.1, 0.15) is 5.75 Å². The van der Waals surface area contributed by atoms with E-state index in [0.717, 1.165) is 0 Å². The van der Waals surface area contributed by atoms with Gasteiger partial charge < -0.3 is 4.74 Å². The zero-order valence-electron chi connectivity index (χ0n) is 12.5. The number of fused-ring (bicyclic) bond motifs is 1. The van der Waals surface area contributed by atoms with Crippen molar-refractivity contribution >= 4 is 42.6 Å². The minimum absolute atomic E-state index is 0.00400. The van der Waals surface area contributed by atoms with Gasteiger partial charge in [-0.1, -0.05) is 17.4 Å². The highest BCUT2D eigenvalue weighted by atomic mass is 32.2. The molecule has 0 saturated heterocycles. The Morgan fingerprint density at radius 3 is 2.75 bits per heavy atom. The molecular weight excluding hydrogens is 350 g/mol. The fraction of sp³-hybridized carbons (Fsp3) is 0.0667. The van der Waals surface area contributed by atoms with E-state index in [0.29, 0.717) is 26.7 Å². The summed E-state index contributed by atoms with van der Waals surface area (Å²) >= 11 is 1.17.